The van der Waals surface area contributed by atoms with Gasteiger partial charge in [0.25, 0.3) is 5.91 Å². The number of aryl methyl sites for hydroxylation is 2. The van der Waals surface area contributed by atoms with Crippen molar-refractivity contribution in [2.45, 2.75) is 52.2 Å². The number of carbonyl (C=O) groups is 1. The van der Waals surface area contributed by atoms with E-state index in [9.17, 15) is 4.79 Å². The van der Waals surface area contributed by atoms with Crippen LogP contribution >= 0.6 is 0 Å². The van der Waals surface area contributed by atoms with Crippen molar-refractivity contribution in [2.75, 3.05) is 23.8 Å². The van der Waals surface area contributed by atoms with Crippen LogP contribution in [0.4, 0.5) is 16.0 Å². The monoisotopic (exact) mass is 531 g/mol. The van der Waals surface area contributed by atoms with Crippen molar-refractivity contribution in [1.82, 2.24) is 24.8 Å². The summed E-state index contributed by atoms with van der Waals surface area (Å²) in [7, 11) is 1.10. The Hall–Kier alpha value is -3.77. The molecule has 5 heterocycles. The van der Waals surface area contributed by atoms with E-state index in [4.69, 9.17) is 15.0 Å². The van der Waals surface area contributed by atoms with Gasteiger partial charge in [0.1, 0.15) is 5.82 Å². The molecule has 4 aromatic rings. The molecule has 39 heavy (non-hydrogen) atoms. The number of aromatic nitrogens is 4. The van der Waals surface area contributed by atoms with Crippen LogP contribution in [0.1, 0.15) is 50.0 Å². The number of carbonyl (C=O) groups excluding carboxylic acids is 1. The van der Waals surface area contributed by atoms with Gasteiger partial charge in [0.15, 0.2) is 11.6 Å². The predicted molar refractivity (Wildman–Crippen MR) is 148 cm³/mol. The fourth-order valence-corrected chi connectivity index (χ4v) is 5.27. The number of nitrogens with zero attached hydrogens (tertiary/aromatic N) is 6. The first-order chi connectivity index (χ1) is 18.4. The molecule has 0 radical (unpaired) electrons. The van der Waals surface area contributed by atoms with Gasteiger partial charge in [0, 0.05) is 42.7 Å². The van der Waals surface area contributed by atoms with Crippen LogP contribution in [0.25, 0.3) is 21.8 Å². The maximum atomic E-state index is 15.5. The SMILES string of the molecule is Cc1cc2nc(N)c3cnn(C)c3c2cc1C(=O)N1CCCN1c1ncc(B2OC(C)(C)C(C)(C)O2)cc1F. The molecule has 0 bridgehead atoms. The molecule has 0 atom stereocenters. The summed E-state index contributed by atoms with van der Waals surface area (Å²) < 4.78 is 29.3. The number of nitrogens with two attached hydrogens (primary N) is 1. The van der Waals surface area contributed by atoms with E-state index < -0.39 is 24.1 Å². The van der Waals surface area contributed by atoms with E-state index in [1.165, 1.54) is 6.07 Å². The summed E-state index contributed by atoms with van der Waals surface area (Å²) in [6.45, 7) is 10.5. The summed E-state index contributed by atoms with van der Waals surface area (Å²) >= 11 is 0. The maximum Gasteiger partial charge on any atom is 0.496 e. The van der Waals surface area contributed by atoms with Crippen LogP contribution in [0.3, 0.4) is 0 Å². The third-order valence-corrected chi connectivity index (χ3v) is 8.16. The van der Waals surface area contributed by atoms with E-state index in [-0.39, 0.29) is 11.7 Å². The minimum atomic E-state index is -0.728. The van der Waals surface area contributed by atoms with Crippen LogP contribution in [-0.4, -0.2) is 62.1 Å². The van der Waals surface area contributed by atoms with Gasteiger partial charge in [-0.3, -0.25) is 14.5 Å². The van der Waals surface area contributed by atoms with Crippen LogP contribution in [0.2, 0.25) is 0 Å². The molecule has 0 aliphatic carbocycles. The minimum Gasteiger partial charge on any atom is -0.399 e. The highest BCUT2D eigenvalue weighted by Crippen LogP contribution is 2.37. The number of amides is 1. The number of pyridine rings is 2. The van der Waals surface area contributed by atoms with E-state index >= 15 is 4.39 Å². The van der Waals surface area contributed by atoms with Gasteiger partial charge in [-0.25, -0.2) is 19.4 Å². The largest absolute Gasteiger partial charge is 0.496 e. The summed E-state index contributed by atoms with van der Waals surface area (Å²) in [4.78, 5) is 22.8. The minimum absolute atomic E-state index is 0.0861. The average Bonchev–Trinajstić information content (AvgIpc) is 3.55. The zero-order valence-electron chi connectivity index (χ0n) is 22.9. The molecule has 1 amide bonds. The summed E-state index contributed by atoms with van der Waals surface area (Å²) in [5, 5.41) is 8.98. The number of rotatable bonds is 3. The van der Waals surface area contributed by atoms with Crippen molar-refractivity contribution in [3.8, 4) is 0 Å². The second-order valence-electron chi connectivity index (χ2n) is 11.3. The number of hydrazine groups is 1. The second-order valence-corrected chi connectivity index (χ2v) is 11.3. The molecule has 2 aliphatic rings. The number of hydrogen-bond donors (Lipinski definition) is 1. The first-order valence-corrected chi connectivity index (χ1v) is 13.0. The molecule has 0 unspecified atom stereocenters. The van der Waals surface area contributed by atoms with Crippen molar-refractivity contribution in [1.29, 1.82) is 0 Å². The zero-order chi connectivity index (χ0) is 27.9. The van der Waals surface area contributed by atoms with Crippen molar-refractivity contribution in [3.63, 3.8) is 0 Å². The molecule has 2 saturated heterocycles. The molecular formula is C27H31BFN7O3. The fourth-order valence-electron chi connectivity index (χ4n) is 5.27. The van der Waals surface area contributed by atoms with Crippen LogP contribution in [0.5, 0.6) is 0 Å². The van der Waals surface area contributed by atoms with Crippen molar-refractivity contribution in [3.05, 3.63) is 47.5 Å². The number of hydrogen-bond acceptors (Lipinski definition) is 8. The van der Waals surface area contributed by atoms with Gasteiger partial charge < -0.3 is 15.0 Å². The molecule has 12 heteroatoms. The van der Waals surface area contributed by atoms with Gasteiger partial charge in [0.05, 0.1) is 33.8 Å². The first kappa shape index (κ1) is 25.5. The highest BCUT2D eigenvalue weighted by molar-refractivity contribution is 6.62. The van der Waals surface area contributed by atoms with Gasteiger partial charge in [-0.2, -0.15) is 5.10 Å². The second kappa shape index (κ2) is 8.62. The highest BCUT2D eigenvalue weighted by atomic mass is 19.1. The van der Waals surface area contributed by atoms with Crippen LogP contribution in [0.15, 0.2) is 30.6 Å². The summed E-state index contributed by atoms with van der Waals surface area (Å²) in [5.74, 6) is -0.313. The molecule has 0 saturated carbocycles. The Kier molecular flexibility index (Phi) is 5.64. The number of fused-ring (bicyclic) bond motifs is 3. The smallest absolute Gasteiger partial charge is 0.399 e. The Balaban J connectivity index is 1.33. The van der Waals surface area contributed by atoms with E-state index in [0.29, 0.717) is 41.9 Å². The Morgan fingerprint density at radius 2 is 1.79 bits per heavy atom. The number of nitrogen functional groups attached to an aromatic ring is 1. The molecule has 10 nitrogen and oxygen atoms in total. The first-order valence-electron chi connectivity index (χ1n) is 13.0. The standard InChI is InChI=1S/C27H31BFN7O3/c1-15-10-21-18(22-19(23(30)33-21)14-32-34(22)6)12-17(15)25(37)36-9-7-8-35(36)24-20(29)11-16(13-31-24)28-38-26(2,3)27(4,5)39-28/h10-14H,7-9H2,1-6H3,(H2,30,33). The Labute approximate surface area is 226 Å². The molecule has 2 N–H and O–H groups in total. The third kappa shape index (κ3) is 3.92. The molecule has 2 aliphatic heterocycles. The van der Waals surface area contributed by atoms with Gasteiger partial charge in [-0.05, 0) is 64.8 Å². The average molecular weight is 531 g/mol. The molecule has 2 fully saturated rings. The lowest BCUT2D eigenvalue weighted by molar-refractivity contribution is 0.00578. The molecular weight excluding hydrogens is 500 g/mol. The van der Waals surface area contributed by atoms with Crippen LogP contribution in [-0.2, 0) is 16.4 Å². The van der Waals surface area contributed by atoms with Crippen molar-refractivity contribution in [2.24, 2.45) is 7.05 Å². The maximum absolute atomic E-state index is 15.5. The van der Waals surface area contributed by atoms with Crippen molar-refractivity contribution >= 4 is 51.9 Å². The summed E-state index contributed by atoms with van der Waals surface area (Å²) in [6.07, 6.45) is 3.91. The number of benzene rings is 1. The topological polar surface area (TPSA) is 112 Å². The lowest BCUT2D eigenvalue weighted by atomic mass is 9.80. The lowest BCUT2D eigenvalue weighted by Crippen LogP contribution is -2.43. The van der Waals surface area contributed by atoms with Gasteiger partial charge in [-0.15, -0.1) is 0 Å². The Bertz CT molecular complexity index is 1640. The molecule has 6 rings (SSSR count). The lowest BCUT2D eigenvalue weighted by Gasteiger charge is -2.32. The van der Waals surface area contributed by atoms with Crippen LogP contribution in [0, 0.1) is 12.7 Å². The van der Waals surface area contributed by atoms with Gasteiger partial charge in [-0.1, -0.05) is 0 Å². The van der Waals surface area contributed by atoms with Crippen molar-refractivity contribution < 1.29 is 18.5 Å². The molecule has 202 valence electrons. The molecule has 3 aromatic heterocycles. The van der Waals surface area contributed by atoms with Gasteiger partial charge >= 0.3 is 7.12 Å². The normalized spacial score (nSPS) is 18.6. The number of halogens is 1. The zero-order valence-corrected chi connectivity index (χ0v) is 22.9. The van der Waals surface area contributed by atoms with Gasteiger partial charge in [0.2, 0.25) is 0 Å². The summed E-state index contributed by atoms with van der Waals surface area (Å²) in [6, 6.07) is 5.05. The number of anilines is 2. The fraction of sp³-hybridized carbons (Fsp3) is 0.407. The molecule has 0 spiro atoms. The molecule has 1 aromatic carbocycles. The third-order valence-electron chi connectivity index (χ3n) is 8.16. The summed E-state index contributed by atoms with van der Waals surface area (Å²) in [5.41, 5.74) is 8.27. The Morgan fingerprint density at radius 1 is 1.08 bits per heavy atom. The quantitative estimate of drug-likeness (QED) is 0.402. The van der Waals surface area contributed by atoms with E-state index in [2.05, 4.69) is 15.1 Å². The van der Waals surface area contributed by atoms with Crippen LogP contribution < -0.4 is 16.2 Å². The predicted octanol–water partition coefficient (Wildman–Crippen LogP) is 3.11. The van der Waals surface area contributed by atoms with E-state index in [1.807, 2.05) is 53.8 Å². The Morgan fingerprint density at radius 3 is 2.49 bits per heavy atom. The van der Waals surface area contributed by atoms with E-state index in [1.54, 1.807) is 27.1 Å². The highest BCUT2D eigenvalue weighted by Gasteiger charge is 2.52. The van der Waals surface area contributed by atoms with E-state index in [0.717, 1.165) is 21.9 Å².